The number of carbonyl (C=O) groups is 1. The van der Waals surface area contributed by atoms with Gasteiger partial charge in [0.25, 0.3) is 0 Å². The fourth-order valence-electron chi connectivity index (χ4n) is 2.26. The number of aliphatic hydroxyl groups is 1. The second-order valence-corrected chi connectivity index (χ2v) is 6.44. The molecule has 5 nitrogen and oxygen atoms in total. The summed E-state index contributed by atoms with van der Waals surface area (Å²) in [4.78, 5) is 13.0. The maximum Gasteiger partial charge on any atom is 0.154 e. The predicted molar refractivity (Wildman–Crippen MR) is 54.3 cm³/mol. The molecule has 0 bridgehead atoms. The molecule has 6 heteroatoms. The van der Waals surface area contributed by atoms with Gasteiger partial charge in [0.1, 0.15) is 5.78 Å². The Morgan fingerprint density at radius 2 is 1.80 bits per heavy atom. The first-order valence-corrected chi connectivity index (χ1v) is 6.94. The molecule has 2 heterocycles. The van der Waals surface area contributed by atoms with Crippen LogP contribution in [0.4, 0.5) is 0 Å². The molecule has 0 radical (unpaired) electrons. The highest BCUT2D eigenvalue weighted by molar-refractivity contribution is 7.91. The molecule has 0 spiro atoms. The van der Waals surface area contributed by atoms with Crippen LogP contribution in [0.5, 0.6) is 0 Å². The SMILES string of the molecule is O=C1CCN(C2CS(=O)(=O)CC2O)CC1. The van der Waals surface area contributed by atoms with Gasteiger partial charge in [0.05, 0.1) is 23.7 Å². The minimum Gasteiger partial charge on any atom is -0.390 e. The number of Topliss-reactive ketones (excluding diaryl/α,β-unsaturated/α-hetero) is 1. The molecule has 2 fully saturated rings. The van der Waals surface area contributed by atoms with Crippen LogP contribution < -0.4 is 0 Å². The Hall–Kier alpha value is -0.460. The van der Waals surface area contributed by atoms with Gasteiger partial charge in [-0.1, -0.05) is 0 Å². The summed E-state index contributed by atoms with van der Waals surface area (Å²) in [5.74, 6) is 0.117. The normalized spacial score (nSPS) is 37.0. The van der Waals surface area contributed by atoms with E-state index < -0.39 is 15.9 Å². The number of aliphatic hydroxyl groups excluding tert-OH is 1. The van der Waals surface area contributed by atoms with Gasteiger partial charge in [0, 0.05) is 25.9 Å². The van der Waals surface area contributed by atoms with E-state index in [9.17, 15) is 18.3 Å². The van der Waals surface area contributed by atoms with E-state index in [-0.39, 0.29) is 23.3 Å². The van der Waals surface area contributed by atoms with Crippen molar-refractivity contribution in [1.29, 1.82) is 0 Å². The van der Waals surface area contributed by atoms with E-state index in [2.05, 4.69) is 0 Å². The molecule has 86 valence electrons. The van der Waals surface area contributed by atoms with E-state index in [1.807, 2.05) is 4.90 Å². The van der Waals surface area contributed by atoms with Gasteiger partial charge in [0.2, 0.25) is 0 Å². The molecule has 2 aliphatic heterocycles. The third kappa shape index (κ3) is 2.38. The van der Waals surface area contributed by atoms with Crippen LogP contribution in [0.3, 0.4) is 0 Å². The highest BCUT2D eigenvalue weighted by atomic mass is 32.2. The van der Waals surface area contributed by atoms with Crippen molar-refractivity contribution in [3.8, 4) is 0 Å². The lowest BCUT2D eigenvalue weighted by molar-refractivity contribution is -0.122. The number of hydrogen-bond donors (Lipinski definition) is 1. The first kappa shape index (κ1) is 11.0. The van der Waals surface area contributed by atoms with Crippen molar-refractivity contribution in [1.82, 2.24) is 4.90 Å². The van der Waals surface area contributed by atoms with E-state index in [1.165, 1.54) is 0 Å². The van der Waals surface area contributed by atoms with Crippen LogP contribution in [-0.2, 0) is 14.6 Å². The standard InChI is InChI=1S/C9H15NO4S/c11-7-1-3-10(4-2-7)8-5-15(13,14)6-9(8)12/h8-9,12H,1-6H2. The summed E-state index contributed by atoms with van der Waals surface area (Å²) >= 11 is 0. The summed E-state index contributed by atoms with van der Waals surface area (Å²) < 4.78 is 22.6. The van der Waals surface area contributed by atoms with Gasteiger partial charge in [-0.15, -0.1) is 0 Å². The van der Waals surface area contributed by atoms with Gasteiger partial charge >= 0.3 is 0 Å². The molecule has 15 heavy (non-hydrogen) atoms. The summed E-state index contributed by atoms with van der Waals surface area (Å²) in [5, 5.41) is 9.64. The number of carbonyl (C=O) groups excluding carboxylic acids is 1. The zero-order valence-electron chi connectivity index (χ0n) is 8.42. The first-order chi connectivity index (χ1) is 6.98. The Labute approximate surface area is 89.0 Å². The minimum atomic E-state index is -3.08. The van der Waals surface area contributed by atoms with Crippen LogP contribution in [0.15, 0.2) is 0 Å². The summed E-state index contributed by atoms with van der Waals surface area (Å²) in [6.45, 7) is 1.16. The third-order valence-electron chi connectivity index (χ3n) is 3.12. The largest absolute Gasteiger partial charge is 0.390 e. The second kappa shape index (κ2) is 3.84. The van der Waals surface area contributed by atoms with Crippen LogP contribution in [-0.4, -0.2) is 60.9 Å². The molecular weight excluding hydrogens is 218 g/mol. The van der Waals surface area contributed by atoms with Gasteiger partial charge in [0.15, 0.2) is 9.84 Å². The third-order valence-corrected chi connectivity index (χ3v) is 4.82. The van der Waals surface area contributed by atoms with Crippen LogP contribution in [0.25, 0.3) is 0 Å². The lowest BCUT2D eigenvalue weighted by atomic mass is 10.1. The van der Waals surface area contributed by atoms with Crippen molar-refractivity contribution in [2.45, 2.75) is 25.0 Å². The van der Waals surface area contributed by atoms with E-state index >= 15 is 0 Å². The fourth-order valence-corrected chi connectivity index (χ4v) is 4.10. The van der Waals surface area contributed by atoms with Crippen LogP contribution >= 0.6 is 0 Å². The summed E-state index contributed by atoms with van der Waals surface area (Å²) in [6.07, 6.45) is 0.162. The molecule has 0 aromatic heterocycles. The molecule has 2 saturated heterocycles. The molecule has 1 N–H and O–H groups in total. The lowest BCUT2D eigenvalue weighted by Gasteiger charge is -2.32. The van der Waals surface area contributed by atoms with Gasteiger partial charge in [-0.3, -0.25) is 9.69 Å². The first-order valence-electron chi connectivity index (χ1n) is 5.12. The Morgan fingerprint density at radius 3 is 2.27 bits per heavy atom. The summed E-state index contributed by atoms with van der Waals surface area (Å²) in [5.41, 5.74) is 0. The Kier molecular flexibility index (Phi) is 2.83. The minimum absolute atomic E-state index is 0.0301. The fraction of sp³-hybridized carbons (Fsp3) is 0.889. The summed E-state index contributed by atoms with van der Waals surface area (Å²) in [7, 11) is -3.08. The molecule has 2 aliphatic rings. The Bertz CT molecular complexity index is 354. The molecule has 0 aromatic carbocycles. The van der Waals surface area contributed by atoms with Crippen LogP contribution in [0, 0.1) is 0 Å². The van der Waals surface area contributed by atoms with E-state index in [4.69, 9.17) is 0 Å². The average Bonchev–Trinajstić information content (AvgIpc) is 2.41. The van der Waals surface area contributed by atoms with Gasteiger partial charge in [-0.2, -0.15) is 0 Å². The highest BCUT2D eigenvalue weighted by Gasteiger charge is 2.40. The molecular formula is C9H15NO4S. The van der Waals surface area contributed by atoms with E-state index in [1.54, 1.807) is 0 Å². The number of likely N-dealkylation sites (tertiary alicyclic amines) is 1. The maximum absolute atomic E-state index is 11.3. The topological polar surface area (TPSA) is 74.7 Å². The van der Waals surface area contributed by atoms with E-state index in [0.29, 0.717) is 25.9 Å². The van der Waals surface area contributed by atoms with E-state index in [0.717, 1.165) is 0 Å². The maximum atomic E-state index is 11.3. The number of nitrogens with zero attached hydrogens (tertiary/aromatic N) is 1. The molecule has 2 atom stereocenters. The number of piperidine rings is 1. The van der Waals surface area contributed by atoms with Crippen molar-refractivity contribution in [2.75, 3.05) is 24.6 Å². The zero-order chi connectivity index (χ0) is 11.1. The quantitative estimate of drug-likeness (QED) is 0.616. The van der Waals surface area contributed by atoms with Crippen molar-refractivity contribution >= 4 is 15.6 Å². The number of ketones is 1. The number of hydrogen-bond acceptors (Lipinski definition) is 5. The van der Waals surface area contributed by atoms with Gasteiger partial charge in [-0.05, 0) is 0 Å². The summed E-state index contributed by atoms with van der Waals surface area (Å²) in [6, 6.07) is -0.303. The second-order valence-electron chi connectivity index (χ2n) is 4.29. The predicted octanol–water partition coefficient (Wildman–Crippen LogP) is -1.19. The highest BCUT2D eigenvalue weighted by Crippen LogP contribution is 2.21. The Balaban J connectivity index is 2.03. The van der Waals surface area contributed by atoms with Gasteiger partial charge < -0.3 is 5.11 Å². The molecule has 0 amide bonds. The molecule has 0 aromatic rings. The molecule has 2 rings (SSSR count). The van der Waals surface area contributed by atoms with Crippen molar-refractivity contribution in [2.24, 2.45) is 0 Å². The lowest BCUT2D eigenvalue weighted by Crippen LogP contribution is -2.47. The monoisotopic (exact) mass is 233 g/mol. The van der Waals surface area contributed by atoms with Gasteiger partial charge in [-0.25, -0.2) is 8.42 Å². The van der Waals surface area contributed by atoms with Crippen molar-refractivity contribution in [3.63, 3.8) is 0 Å². The smallest absolute Gasteiger partial charge is 0.154 e. The van der Waals surface area contributed by atoms with Crippen molar-refractivity contribution in [3.05, 3.63) is 0 Å². The molecule has 0 aliphatic carbocycles. The zero-order valence-corrected chi connectivity index (χ0v) is 9.24. The number of rotatable bonds is 1. The number of sulfone groups is 1. The average molecular weight is 233 g/mol. The molecule has 0 saturated carbocycles. The van der Waals surface area contributed by atoms with Crippen molar-refractivity contribution < 1.29 is 18.3 Å². The van der Waals surface area contributed by atoms with Crippen LogP contribution in [0.1, 0.15) is 12.8 Å². The Morgan fingerprint density at radius 1 is 1.20 bits per heavy atom. The van der Waals surface area contributed by atoms with Crippen LogP contribution in [0.2, 0.25) is 0 Å². The molecule has 2 unspecified atom stereocenters.